The summed E-state index contributed by atoms with van der Waals surface area (Å²) < 4.78 is 41.3. The minimum Gasteiger partial charge on any atom is -0.356 e. The molecule has 0 bridgehead atoms. The van der Waals surface area contributed by atoms with E-state index in [1.165, 1.54) is 12.1 Å². The summed E-state index contributed by atoms with van der Waals surface area (Å²) in [5.41, 5.74) is 1.96. The third-order valence-corrected chi connectivity index (χ3v) is 6.50. The summed E-state index contributed by atoms with van der Waals surface area (Å²) in [6.07, 6.45) is 0.375. The molecule has 1 fully saturated rings. The van der Waals surface area contributed by atoms with Crippen molar-refractivity contribution in [2.75, 3.05) is 16.8 Å². The number of anilines is 2. The molecule has 2 heterocycles. The van der Waals surface area contributed by atoms with Gasteiger partial charge in [0.15, 0.2) is 0 Å². The fraction of sp³-hybridized carbons (Fsp3) is 0.278. The molecule has 2 unspecified atom stereocenters. The van der Waals surface area contributed by atoms with Crippen LogP contribution >= 0.6 is 0 Å². The summed E-state index contributed by atoms with van der Waals surface area (Å²) in [6, 6.07) is 10.2. The summed E-state index contributed by atoms with van der Waals surface area (Å²) >= 11 is 0. The fourth-order valence-electron chi connectivity index (χ4n) is 3.68. The van der Waals surface area contributed by atoms with E-state index < -0.39 is 27.9 Å². The van der Waals surface area contributed by atoms with Crippen molar-refractivity contribution in [2.24, 2.45) is 0 Å². The molecule has 2 aromatic carbocycles. The molecule has 6 nitrogen and oxygen atoms in total. The second kappa shape index (κ2) is 6.07. The molecular weight excluding hydrogens is 357 g/mol. The third-order valence-electron chi connectivity index (χ3n) is 4.82. The molecular formula is C18H18FN3O3S. The maximum Gasteiger partial charge on any atom is 0.247 e. The SMILES string of the molecule is Cc1cc(F)ccc1S(=O)(=O)NC1CC2C(=O)Nc3ccccc3N2C1. The predicted octanol–water partition coefficient (Wildman–Crippen LogP) is 2.01. The molecule has 1 saturated heterocycles. The van der Waals surface area contributed by atoms with E-state index in [1.807, 2.05) is 29.2 Å². The summed E-state index contributed by atoms with van der Waals surface area (Å²) in [6.45, 7) is 1.95. The maximum atomic E-state index is 13.3. The summed E-state index contributed by atoms with van der Waals surface area (Å²) in [4.78, 5) is 14.3. The number of nitrogens with one attached hydrogen (secondary N) is 2. The number of fused-ring (bicyclic) bond motifs is 3. The van der Waals surface area contributed by atoms with Crippen molar-refractivity contribution < 1.29 is 17.6 Å². The molecule has 136 valence electrons. The lowest BCUT2D eigenvalue weighted by Crippen LogP contribution is -2.44. The van der Waals surface area contributed by atoms with Gasteiger partial charge in [0, 0.05) is 12.6 Å². The van der Waals surface area contributed by atoms with Gasteiger partial charge in [-0.05, 0) is 49.2 Å². The lowest BCUT2D eigenvalue weighted by molar-refractivity contribution is -0.117. The van der Waals surface area contributed by atoms with Crippen molar-refractivity contribution >= 4 is 27.3 Å². The molecule has 1 amide bonds. The Hall–Kier alpha value is -2.45. The van der Waals surface area contributed by atoms with Crippen LogP contribution in [0.5, 0.6) is 0 Å². The minimum atomic E-state index is -3.80. The zero-order valence-corrected chi connectivity index (χ0v) is 14.9. The van der Waals surface area contributed by atoms with Crippen LogP contribution in [-0.2, 0) is 14.8 Å². The van der Waals surface area contributed by atoms with Gasteiger partial charge in [-0.25, -0.2) is 17.5 Å². The van der Waals surface area contributed by atoms with Crippen LogP contribution in [0.3, 0.4) is 0 Å². The molecule has 0 spiro atoms. The van der Waals surface area contributed by atoms with Crippen molar-refractivity contribution in [1.82, 2.24) is 4.72 Å². The average Bonchev–Trinajstić information content (AvgIpc) is 2.98. The Bertz CT molecular complexity index is 993. The van der Waals surface area contributed by atoms with Crippen molar-refractivity contribution in [3.8, 4) is 0 Å². The Morgan fingerprint density at radius 3 is 2.77 bits per heavy atom. The molecule has 0 saturated carbocycles. The van der Waals surface area contributed by atoms with Gasteiger partial charge in [0.2, 0.25) is 15.9 Å². The molecule has 26 heavy (non-hydrogen) atoms. The molecule has 8 heteroatoms. The Kier molecular flexibility index (Phi) is 3.96. The van der Waals surface area contributed by atoms with Gasteiger partial charge < -0.3 is 10.2 Å². The Morgan fingerprint density at radius 1 is 1.23 bits per heavy atom. The standard InChI is InChI=1S/C18H18FN3O3S/c1-11-8-12(19)6-7-17(11)26(24,25)21-13-9-16-18(23)20-14-4-2-3-5-15(14)22(16)10-13/h2-8,13,16,21H,9-10H2,1H3,(H,20,23). The molecule has 2 aliphatic rings. The van der Waals surface area contributed by atoms with E-state index in [0.29, 0.717) is 18.5 Å². The molecule has 2 atom stereocenters. The van der Waals surface area contributed by atoms with Crippen molar-refractivity contribution in [1.29, 1.82) is 0 Å². The lowest BCUT2D eigenvalue weighted by Gasteiger charge is -2.32. The van der Waals surface area contributed by atoms with Crippen LogP contribution < -0.4 is 14.9 Å². The molecule has 2 aromatic rings. The van der Waals surface area contributed by atoms with E-state index in [4.69, 9.17) is 0 Å². The zero-order chi connectivity index (χ0) is 18.5. The largest absolute Gasteiger partial charge is 0.356 e. The van der Waals surface area contributed by atoms with Crippen LogP contribution in [0.25, 0.3) is 0 Å². The Morgan fingerprint density at radius 2 is 2.00 bits per heavy atom. The van der Waals surface area contributed by atoms with E-state index in [0.717, 1.165) is 17.4 Å². The van der Waals surface area contributed by atoms with Gasteiger partial charge in [-0.15, -0.1) is 0 Å². The molecule has 4 rings (SSSR count). The topological polar surface area (TPSA) is 78.5 Å². The lowest BCUT2D eigenvalue weighted by atomic mass is 10.1. The smallest absolute Gasteiger partial charge is 0.247 e. The average molecular weight is 375 g/mol. The first-order valence-corrected chi connectivity index (χ1v) is 9.78. The summed E-state index contributed by atoms with van der Waals surface area (Å²) in [7, 11) is -3.80. The molecule has 0 aliphatic carbocycles. The highest BCUT2D eigenvalue weighted by Gasteiger charge is 2.42. The van der Waals surface area contributed by atoms with Crippen LogP contribution in [0.15, 0.2) is 47.4 Å². The zero-order valence-electron chi connectivity index (χ0n) is 14.1. The summed E-state index contributed by atoms with van der Waals surface area (Å²) in [5, 5.41) is 2.86. The highest BCUT2D eigenvalue weighted by Crippen LogP contribution is 2.36. The van der Waals surface area contributed by atoms with Gasteiger partial charge in [-0.1, -0.05) is 12.1 Å². The molecule has 0 radical (unpaired) electrons. The van der Waals surface area contributed by atoms with Gasteiger partial charge >= 0.3 is 0 Å². The van der Waals surface area contributed by atoms with Crippen LogP contribution in [0.1, 0.15) is 12.0 Å². The van der Waals surface area contributed by atoms with E-state index in [1.54, 1.807) is 6.92 Å². The number of para-hydroxylation sites is 2. The molecule has 2 aliphatic heterocycles. The van der Waals surface area contributed by atoms with E-state index in [9.17, 15) is 17.6 Å². The first-order chi connectivity index (χ1) is 12.3. The number of nitrogens with zero attached hydrogens (tertiary/aromatic N) is 1. The highest BCUT2D eigenvalue weighted by molar-refractivity contribution is 7.89. The predicted molar refractivity (Wildman–Crippen MR) is 96.1 cm³/mol. The Balaban J connectivity index is 1.59. The minimum absolute atomic E-state index is 0.0497. The maximum absolute atomic E-state index is 13.3. The van der Waals surface area contributed by atoms with Gasteiger partial charge in [0.25, 0.3) is 0 Å². The first-order valence-electron chi connectivity index (χ1n) is 8.30. The number of rotatable bonds is 3. The monoisotopic (exact) mass is 375 g/mol. The van der Waals surface area contributed by atoms with Gasteiger partial charge in [0.05, 0.1) is 16.3 Å². The quantitative estimate of drug-likeness (QED) is 0.860. The van der Waals surface area contributed by atoms with E-state index in [-0.39, 0.29) is 10.8 Å². The number of aryl methyl sites for hydroxylation is 1. The van der Waals surface area contributed by atoms with E-state index >= 15 is 0 Å². The third kappa shape index (κ3) is 2.85. The normalized spacial score (nSPS) is 21.9. The second-order valence-corrected chi connectivity index (χ2v) is 8.32. The first kappa shape index (κ1) is 17.0. The van der Waals surface area contributed by atoms with Crippen LogP contribution in [0.4, 0.5) is 15.8 Å². The number of amides is 1. The highest BCUT2D eigenvalue weighted by atomic mass is 32.2. The van der Waals surface area contributed by atoms with Crippen molar-refractivity contribution in [3.05, 3.63) is 53.8 Å². The molecule has 2 N–H and O–H groups in total. The van der Waals surface area contributed by atoms with E-state index in [2.05, 4.69) is 10.0 Å². The van der Waals surface area contributed by atoms with Crippen molar-refractivity contribution in [2.45, 2.75) is 30.3 Å². The number of hydrogen-bond donors (Lipinski definition) is 2. The van der Waals surface area contributed by atoms with Crippen LogP contribution in [-0.4, -0.2) is 33.0 Å². The van der Waals surface area contributed by atoms with Gasteiger partial charge in [-0.3, -0.25) is 4.79 Å². The summed E-state index contributed by atoms with van der Waals surface area (Å²) in [5.74, 6) is -0.615. The second-order valence-electron chi connectivity index (χ2n) is 6.64. The van der Waals surface area contributed by atoms with Crippen LogP contribution in [0, 0.1) is 12.7 Å². The number of carbonyl (C=O) groups excluding carboxylic acids is 1. The number of sulfonamides is 1. The van der Waals surface area contributed by atoms with Gasteiger partial charge in [0.1, 0.15) is 11.9 Å². The van der Waals surface area contributed by atoms with Crippen molar-refractivity contribution in [3.63, 3.8) is 0 Å². The van der Waals surface area contributed by atoms with Gasteiger partial charge in [-0.2, -0.15) is 0 Å². The molecule has 0 aromatic heterocycles. The Labute approximate surface area is 151 Å². The number of carbonyl (C=O) groups is 1. The number of benzene rings is 2. The van der Waals surface area contributed by atoms with Crippen LogP contribution in [0.2, 0.25) is 0 Å². The number of hydrogen-bond acceptors (Lipinski definition) is 4. The number of halogens is 1. The fourth-order valence-corrected chi connectivity index (χ4v) is 5.15.